The van der Waals surface area contributed by atoms with E-state index < -0.39 is 0 Å². The van der Waals surface area contributed by atoms with Gasteiger partial charge in [-0.15, -0.1) is 0 Å². The molecule has 0 spiro atoms. The van der Waals surface area contributed by atoms with E-state index in [1.807, 2.05) is 12.3 Å². The largest absolute Gasteiger partial charge is 0.321 e. The molecule has 108 valence electrons. The monoisotopic (exact) mass is 278 g/mol. The lowest BCUT2D eigenvalue weighted by Gasteiger charge is -2.42. The first-order valence-electron chi connectivity index (χ1n) is 8.02. The minimum absolute atomic E-state index is 0.247. The average Bonchev–Trinajstić information content (AvgIpc) is 2.96. The van der Waals surface area contributed by atoms with Crippen LogP contribution in [0.1, 0.15) is 60.4 Å². The van der Waals surface area contributed by atoms with Crippen molar-refractivity contribution in [2.45, 2.75) is 50.0 Å². The number of nitrogens with two attached hydrogens (primary N) is 1. The molecule has 3 unspecified atom stereocenters. The maximum Gasteiger partial charge on any atom is 0.0497 e. The van der Waals surface area contributed by atoms with E-state index in [2.05, 4.69) is 42.2 Å². The molecular formula is C19H22N2. The van der Waals surface area contributed by atoms with Crippen molar-refractivity contribution < 1.29 is 0 Å². The van der Waals surface area contributed by atoms with E-state index in [0.717, 1.165) is 19.3 Å². The molecule has 4 rings (SSSR count). The lowest BCUT2D eigenvalue weighted by atomic mass is 9.66. The summed E-state index contributed by atoms with van der Waals surface area (Å²) in [5.41, 5.74) is 12.2. The van der Waals surface area contributed by atoms with Crippen molar-refractivity contribution >= 4 is 0 Å². The van der Waals surface area contributed by atoms with Crippen LogP contribution in [0.2, 0.25) is 0 Å². The molecule has 1 aromatic heterocycles. The van der Waals surface area contributed by atoms with E-state index in [-0.39, 0.29) is 5.54 Å². The van der Waals surface area contributed by atoms with Gasteiger partial charge in [0.25, 0.3) is 0 Å². The Balaban J connectivity index is 1.84. The number of hydrogen-bond acceptors (Lipinski definition) is 2. The predicted octanol–water partition coefficient (Wildman–Crippen LogP) is 3.86. The summed E-state index contributed by atoms with van der Waals surface area (Å²) in [4.78, 5) is 4.67. The molecule has 0 aliphatic heterocycles. The van der Waals surface area contributed by atoms with Crippen LogP contribution in [0.3, 0.4) is 0 Å². The SMILES string of the molecule is CC1CCC(N)(C2CCc3cccnc32)c2ccccc21. The molecule has 1 heterocycles. The van der Waals surface area contributed by atoms with Crippen molar-refractivity contribution in [3.05, 3.63) is 65.0 Å². The summed E-state index contributed by atoms with van der Waals surface area (Å²) in [6, 6.07) is 13.0. The van der Waals surface area contributed by atoms with Crippen LogP contribution in [0.4, 0.5) is 0 Å². The molecule has 0 amide bonds. The highest BCUT2D eigenvalue weighted by atomic mass is 14.8. The Morgan fingerprint density at radius 3 is 2.90 bits per heavy atom. The zero-order valence-corrected chi connectivity index (χ0v) is 12.5. The predicted molar refractivity (Wildman–Crippen MR) is 85.3 cm³/mol. The van der Waals surface area contributed by atoms with Crippen LogP contribution in [0.25, 0.3) is 0 Å². The number of aromatic nitrogens is 1. The van der Waals surface area contributed by atoms with Crippen molar-refractivity contribution in [1.82, 2.24) is 4.98 Å². The topological polar surface area (TPSA) is 38.9 Å². The Bertz CT molecular complexity index is 679. The molecule has 0 bridgehead atoms. The van der Waals surface area contributed by atoms with Crippen LogP contribution >= 0.6 is 0 Å². The third-order valence-electron chi connectivity index (χ3n) is 5.56. The molecule has 21 heavy (non-hydrogen) atoms. The van der Waals surface area contributed by atoms with Gasteiger partial charge < -0.3 is 5.73 Å². The van der Waals surface area contributed by atoms with Crippen molar-refractivity contribution in [2.75, 3.05) is 0 Å². The van der Waals surface area contributed by atoms with Gasteiger partial charge in [0.1, 0.15) is 0 Å². The third kappa shape index (κ3) is 1.86. The van der Waals surface area contributed by atoms with E-state index in [4.69, 9.17) is 5.73 Å². The fraction of sp³-hybridized carbons (Fsp3) is 0.421. The molecule has 0 radical (unpaired) electrons. The normalized spacial score (nSPS) is 30.8. The fourth-order valence-corrected chi connectivity index (χ4v) is 4.37. The third-order valence-corrected chi connectivity index (χ3v) is 5.56. The molecule has 2 aromatic rings. The van der Waals surface area contributed by atoms with Crippen LogP contribution in [-0.2, 0) is 12.0 Å². The standard InChI is InChI=1S/C19H22N2/c1-13-10-11-19(20,16-7-3-2-6-15(13)16)17-9-8-14-5-4-12-21-18(14)17/h2-7,12-13,17H,8-11,20H2,1H3. The van der Waals surface area contributed by atoms with Crippen molar-refractivity contribution in [3.63, 3.8) is 0 Å². The lowest BCUT2D eigenvalue weighted by molar-refractivity contribution is 0.284. The van der Waals surface area contributed by atoms with Gasteiger partial charge in [0.15, 0.2) is 0 Å². The summed E-state index contributed by atoms with van der Waals surface area (Å²) < 4.78 is 0. The van der Waals surface area contributed by atoms with Gasteiger partial charge in [-0.05, 0) is 54.4 Å². The first-order valence-corrected chi connectivity index (χ1v) is 8.02. The van der Waals surface area contributed by atoms with Crippen molar-refractivity contribution in [1.29, 1.82) is 0 Å². The molecule has 2 aliphatic rings. The number of rotatable bonds is 1. The van der Waals surface area contributed by atoms with Gasteiger partial charge in [0, 0.05) is 23.3 Å². The quantitative estimate of drug-likeness (QED) is 0.860. The van der Waals surface area contributed by atoms with Crippen molar-refractivity contribution in [3.8, 4) is 0 Å². The Labute approximate surface area is 126 Å². The molecule has 2 N–H and O–H groups in total. The highest BCUT2D eigenvalue weighted by Crippen LogP contribution is 2.50. The summed E-state index contributed by atoms with van der Waals surface area (Å²) in [5.74, 6) is 0.977. The molecule has 2 aliphatic carbocycles. The summed E-state index contributed by atoms with van der Waals surface area (Å²) in [5, 5.41) is 0. The number of benzene rings is 1. The molecule has 2 heteroatoms. The summed E-state index contributed by atoms with van der Waals surface area (Å²) in [6.45, 7) is 2.32. The van der Waals surface area contributed by atoms with E-state index in [0.29, 0.717) is 11.8 Å². The second-order valence-electron chi connectivity index (χ2n) is 6.71. The molecule has 2 nitrogen and oxygen atoms in total. The summed E-state index contributed by atoms with van der Waals surface area (Å²) in [6.07, 6.45) is 6.39. The van der Waals surface area contributed by atoms with E-state index >= 15 is 0 Å². The second-order valence-corrected chi connectivity index (χ2v) is 6.71. The van der Waals surface area contributed by atoms with Gasteiger partial charge in [-0.2, -0.15) is 0 Å². The number of hydrogen-bond donors (Lipinski definition) is 1. The number of fused-ring (bicyclic) bond motifs is 2. The number of aryl methyl sites for hydroxylation is 1. The maximum absolute atomic E-state index is 7.01. The molecule has 3 atom stereocenters. The van der Waals surface area contributed by atoms with E-state index in [1.54, 1.807) is 0 Å². The van der Waals surface area contributed by atoms with E-state index in [1.165, 1.54) is 28.8 Å². The average molecular weight is 278 g/mol. The van der Waals surface area contributed by atoms with E-state index in [9.17, 15) is 0 Å². The highest BCUT2D eigenvalue weighted by Gasteiger charge is 2.45. The Morgan fingerprint density at radius 1 is 1.14 bits per heavy atom. The van der Waals surface area contributed by atoms with Crippen LogP contribution in [-0.4, -0.2) is 4.98 Å². The van der Waals surface area contributed by atoms with Gasteiger partial charge in [-0.1, -0.05) is 37.3 Å². The zero-order chi connectivity index (χ0) is 14.4. The maximum atomic E-state index is 7.01. The smallest absolute Gasteiger partial charge is 0.0497 e. The first-order chi connectivity index (χ1) is 10.2. The molecule has 0 saturated carbocycles. The molecule has 1 aromatic carbocycles. The second kappa shape index (κ2) is 4.67. The lowest BCUT2D eigenvalue weighted by Crippen LogP contribution is -2.45. The van der Waals surface area contributed by atoms with Gasteiger partial charge in [-0.3, -0.25) is 4.98 Å². The Kier molecular flexibility index (Phi) is 2.90. The van der Waals surface area contributed by atoms with Crippen LogP contribution in [0.5, 0.6) is 0 Å². The minimum Gasteiger partial charge on any atom is -0.321 e. The molecule has 0 saturated heterocycles. The van der Waals surface area contributed by atoms with Crippen LogP contribution < -0.4 is 5.73 Å². The zero-order valence-electron chi connectivity index (χ0n) is 12.5. The number of pyridine rings is 1. The molecule has 0 fully saturated rings. The van der Waals surface area contributed by atoms with Gasteiger partial charge in [-0.25, -0.2) is 0 Å². The highest BCUT2D eigenvalue weighted by molar-refractivity contribution is 5.43. The first kappa shape index (κ1) is 13.0. The van der Waals surface area contributed by atoms with Gasteiger partial charge >= 0.3 is 0 Å². The van der Waals surface area contributed by atoms with Crippen LogP contribution in [0, 0.1) is 0 Å². The van der Waals surface area contributed by atoms with Gasteiger partial charge in [0.2, 0.25) is 0 Å². The summed E-state index contributed by atoms with van der Waals surface area (Å²) >= 11 is 0. The minimum atomic E-state index is -0.247. The van der Waals surface area contributed by atoms with Gasteiger partial charge in [0.05, 0.1) is 0 Å². The Hall–Kier alpha value is -1.67. The summed E-state index contributed by atoms with van der Waals surface area (Å²) in [7, 11) is 0. The van der Waals surface area contributed by atoms with Crippen LogP contribution in [0.15, 0.2) is 42.6 Å². The molecular weight excluding hydrogens is 256 g/mol. The van der Waals surface area contributed by atoms with Crippen molar-refractivity contribution in [2.24, 2.45) is 5.73 Å². The number of nitrogens with zero attached hydrogens (tertiary/aromatic N) is 1. The Morgan fingerprint density at radius 2 is 2.00 bits per heavy atom. The fourth-order valence-electron chi connectivity index (χ4n) is 4.37.